The normalized spacial score (nSPS) is 16.6. The fourth-order valence-corrected chi connectivity index (χ4v) is 3.12. The van der Waals surface area contributed by atoms with Crippen LogP contribution < -0.4 is 9.47 Å². The van der Waals surface area contributed by atoms with Gasteiger partial charge in [-0.15, -0.1) is 0 Å². The quantitative estimate of drug-likeness (QED) is 0.782. The van der Waals surface area contributed by atoms with E-state index in [4.69, 9.17) is 21.1 Å². The number of hydrogen-bond donors (Lipinski definition) is 0. The lowest BCUT2D eigenvalue weighted by atomic mass is 9.80. The van der Waals surface area contributed by atoms with Gasteiger partial charge in [-0.3, -0.25) is 0 Å². The van der Waals surface area contributed by atoms with Crippen molar-refractivity contribution in [3.63, 3.8) is 0 Å². The summed E-state index contributed by atoms with van der Waals surface area (Å²) in [5.41, 5.74) is 2.42. The lowest BCUT2D eigenvalue weighted by Gasteiger charge is -2.23. The van der Waals surface area contributed by atoms with Gasteiger partial charge in [-0.25, -0.2) is 0 Å². The summed E-state index contributed by atoms with van der Waals surface area (Å²) in [7, 11) is 0. The lowest BCUT2D eigenvalue weighted by molar-refractivity contribution is 0.349. The van der Waals surface area contributed by atoms with E-state index in [0.717, 1.165) is 41.0 Å². The maximum Gasteiger partial charge on any atom is 0.142 e. The summed E-state index contributed by atoms with van der Waals surface area (Å²) < 4.78 is 11.4. The molecule has 1 aromatic carbocycles. The lowest BCUT2D eigenvalue weighted by Crippen LogP contribution is -2.17. The second kappa shape index (κ2) is 3.80. The molecular weight excluding hydrogens is 250 g/mol. The van der Waals surface area contributed by atoms with Gasteiger partial charge in [-0.05, 0) is 13.8 Å². The summed E-state index contributed by atoms with van der Waals surface area (Å²) in [6.07, 6.45) is 1.59. The summed E-state index contributed by atoms with van der Waals surface area (Å²) in [4.78, 5) is 0. The molecule has 0 aromatic heterocycles. The third kappa shape index (κ3) is 1.42. The summed E-state index contributed by atoms with van der Waals surface area (Å²) in [5.74, 6) is 1.58. The zero-order valence-corrected chi connectivity index (χ0v) is 11.2. The first kappa shape index (κ1) is 11.7. The van der Waals surface area contributed by atoms with Crippen LogP contribution in [0, 0.1) is 11.3 Å². The second-order valence-electron chi connectivity index (χ2n) is 5.24. The molecule has 94 valence electrons. The van der Waals surface area contributed by atoms with E-state index in [-0.39, 0.29) is 0 Å². The highest BCUT2D eigenvalue weighted by molar-refractivity contribution is 6.33. The summed E-state index contributed by atoms with van der Waals surface area (Å²) in [5, 5.41) is 10.1. The Balaban J connectivity index is 2.36. The number of hydrogen-bond acceptors (Lipinski definition) is 3. The van der Waals surface area contributed by atoms with Gasteiger partial charge in [0.05, 0.1) is 29.7 Å². The maximum absolute atomic E-state index is 9.40. The maximum atomic E-state index is 9.40. The molecule has 0 atom stereocenters. The van der Waals surface area contributed by atoms with Crippen LogP contribution in [0.1, 0.15) is 30.5 Å². The third-order valence-electron chi connectivity index (χ3n) is 3.64. The average Bonchev–Trinajstić information content (AvgIpc) is 2.97. The molecule has 3 nitrogen and oxygen atoms in total. The molecule has 0 spiro atoms. The van der Waals surface area contributed by atoms with Gasteiger partial charge < -0.3 is 9.47 Å². The Morgan fingerprint density at radius 1 is 1.11 bits per heavy atom. The molecule has 2 aliphatic rings. The van der Waals surface area contributed by atoms with Gasteiger partial charge in [0.2, 0.25) is 0 Å². The highest BCUT2D eigenvalue weighted by Gasteiger charge is 2.37. The highest BCUT2D eigenvalue weighted by atomic mass is 35.5. The second-order valence-corrected chi connectivity index (χ2v) is 5.62. The molecule has 4 heteroatoms. The number of fused-ring (bicyclic) bond motifs is 2. The third-order valence-corrected chi connectivity index (χ3v) is 4.04. The van der Waals surface area contributed by atoms with Gasteiger partial charge in [-0.2, -0.15) is 5.26 Å². The van der Waals surface area contributed by atoms with Gasteiger partial charge in [0.1, 0.15) is 11.5 Å². The van der Waals surface area contributed by atoms with Crippen LogP contribution in [0.2, 0.25) is 5.02 Å². The molecule has 0 amide bonds. The SMILES string of the molecule is CC(C)(C#N)c1c2c(c(Cl)c3c1OCC3)OCC2. The number of ether oxygens (including phenoxy) is 2. The minimum Gasteiger partial charge on any atom is -0.493 e. The van der Waals surface area contributed by atoms with E-state index in [2.05, 4.69) is 6.07 Å². The number of nitrogens with zero attached hydrogens (tertiary/aromatic N) is 1. The molecule has 0 aliphatic carbocycles. The van der Waals surface area contributed by atoms with E-state index >= 15 is 0 Å². The minimum absolute atomic E-state index is 0.587. The molecule has 0 fully saturated rings. The Kier molecular flexibility index (Phi) is 2.46. The Hall–Kier alpha value is -1.40. The first-order valence-corrected chi connectivity index (χ1v) is 6.48. The van der Waals surface area contributed by atoms with E-state index in [9.17, 15) is 5.26 Å². The number of halogens is 1. The molecule has 0 saturated heterocycles. The molecule has 0 radical (unpaired) electrons. The highest BCUT2D eigenvalue weighted by Crippen LogP contribution is 2.50. The van der Waals surface area contributed by atoms with Crippen molar-refractivity contribution in [2.75, 3.05) is 13.2 Å². The fourth-order valence-electron chi connectivity index (χ4n) is 2.77. The van der Waals surface area contributed by atoms with Gasteiger partial charge >= 0.3 is 0 Å². The first-order valence-electron chi connectivity index (χ1n) is 6.11. The van der Waals surface area contributed by atoms with E-state index in [1.54, 1.807) is 0 Å². The molecule has 1 aromatic rings. The molecule has 0 bridgehead atoms. The Labute approximate surface area is 111 Å². The van der Waals surface area contributed by atoms with Crippen molar-refractivity contribution in [3.8, 4) is 17.6 Å². The number of rotatable bonds is 1. The first-order chi connectivity index (χ1) is 8.56. The van der Waals surface area contributed by atoms with Crippen LogP contribution in [0.25, 0.3) is 0 Å². The molecular formula is C14H14ClNO2. The summed E-state index contributed by atoms with van der Waals surface area (Å²) >= 11 is 6.38. The topological polar surface area (TPSA) is 42.2 Å². The average molecular weight is 264 g/mol. The molecule has 2 aliphatic heterocycles. The predicted octanol–water partition coefficient (Wildman–Crippen LogP) is 3.01. The van der Waals surface area contributed by atoms with Crippen LogP contribution in [0.5, 0.6) is 11.5 Å². The van der Waals surface area contributed by atoms with E-state index in [1.165, 1.54) is 0 Å². The van der Waals surface area contributed by atoms with Crippen LogP contribution in [0.3, 0.4) is 0 Å². The largest absolute Gasteiger partial charge is 0.493 e. The molecule has 0 unspecified atom stereocenters. The zero-order chi connectivity index (χ0) is 12.9. The summed E-state index contributed by atoms with van der Waals surface area (Å²) in [6, 6.07) is 2.36. The molecule has 3 rings (SSSR count). The fraction of sp³-hybridized carbons (Fsp3) is 0.500. The minimum atomic E-state index is -0.587. The number of nitriles is 1. The molecule has 0 saturated carbocycles. The van der Waals surface area contributed by atoms with Gasteiger partial charge in [0.15, 0.2) is 0 Å². The zero-order valence-electron chi connectivity index (χ0n) is 10.5. The van der Waals surface area contributed by atoms with Crippen molar-refractivity contribution in [2.45, 2.75) is 32.1 Å². The van der Waals surface area contributed by atoms with Gasteiger partial charge in [-0.1, -0.05) is 11.6 Å². The van der Waals surface area contributed by atoms with Crippen molar-refractivity contribution in [1.82, 2.24) is 0 Å². The monoisotopic (exact) mass is 263 g/mol. The Morgan fingerprint density at radius 3 is 2.39 bits per heavy atom. The smallest absolute Gasteiger partial charge is 0.142 e. The molecule has 0 N–H and O–H groups in total. The van der Waals surface area contributed by atoms with Gasteiger partial charge in [0.25, 0.3) is 0 Å². The standard InChI is InChI=1S/C14H14ClNO2/c1-14(2,7-16)10-8-3-5-18-13(8)11(15)9-4-6-17-12(9)10/h3-6H2,1-2H3. The van der Waals surface area contributed by atoms with Crippen molar-refractivity contribution in [3.05, 3.63) is 21.7 Å². The van der Waals surface area contributed by atoms with Crippen LogP contribution in [0.15, 0.2) is 0 Å². The van der Waals surface area contributed by atoms with Crippen LogP contribution in [-0.4, -0.2) is 13.2 Å². The number of benzene rings is 1. The molecule has 2 heterocycles. The summed E-state index contributed by atoms with van der Waals surface area (Å²) in [6.45, 7) is 5.09. The van der Waals surface area contributed by atoms with Crippen molar-refractivity contribution in [1.29, 1.82) is 5.26 Å². The Bertz CT molecular complexity index is 537. The van der Waals surface area contributed by atoms with E-state index in [1.807, 2.05) is 13.8 Å². The van der Waals surface area contributed by atoms with Crippen molar-refractivity contribution < 1.29 is 9.47 Å². The van der Waals surface area contributed by atoms with Crippen LogP contribution in [0.4, 0.5) is 0 Å². The van der Waals surface area contributed by atoms with Crippen molar-refractivity contribution >= 4 is 11.6 Å². The predicted molar refractivity (Wildman–Crippen MR) is 68.5 cm³/mol. The van der Waals surface area contributed by atoms with E-state index < -0.39 is 5.41 Å². The Morgan fingerprint density at radius 2 is 1.72 bits per heavy atom. The van der Waals surface area contributed by atoms with Crippen LogP contribution in [-0.2, 0) is 18.3 Å². The van der Waals surface area contributed by atoms with Crippen LogP contribution >= 0.6 is 11.6 Å². The van der Waals surface area contributed by atoms with Crippen molar-refractivity contribution in [2.24, 2.45) is 0 Å². The van der Waals surface area contributed by atoms with E-state index in [0.29, 0.717) is 18.2 Å². The van der Waals surface area contributed by atoms with Gasteiger partial charge in [0, 0.05) is 29.5 Å². The molecule has 18 heavy (non-hydrogen) atoms.